The molecule has 0 atom stereocenters. The second kappa shape index (κ2) is 6.34. The van der Waals surface area contributed by atoms with Crippen molar-refractivity contribution in [3.8, 4) is 0 Å². The van der Waals surface area contributed by atoms with E-state index in [0.717, 1.165) is 4.90 Å². The molecule has 3 N–H and O–H groups in total. The lowest BCUT2D eigenvalue weighted by Gasteiger charge is -2.07. The second-order valence-corrected chi connectivity index (χ2v) is 4.10. The van der Waals surface area contributed by atoms with Crippen LogP contribution in [-0.4, -0.2) is 30.5 Å². The van der Waals surface area contributed by atoms with Crippen molar-refractivity contribution < 1.29 is 14.3 Å². The number of halogens is 1. The predicted molar refractivity (Wildman–Crippen MR) is 61.5 cm³/mol. The van der Waals surface area contributed by atoms with E-state index in [4.69, 9.17) is 15.7 Å². The van der Waals surface area contributed by atoms with Crippen LogP contribution in [0.1, 0.15) is 5.56 Å². The van der Waals surface area contributed by atoms with Crippen LogP contribution >= 0.6 is 11.8 Å². The van der Waals surface area contributed by atoms with Crippen molar-refractivity contribution in [3.63, 3.8) is 0 Å². The maximum atomic E-state index is 13.0. The summed E-state index contributed by atoms with van der Waals surface area (Å²) in [5, 5.41) is 11.5. The molecule has 1 rings (SSSR count). The number of methoxy groups -OCH3 is 1. The normalized spacial score (nSPS) is 11.8. The Labute approximate surface area is 97.3 Å². The highest BCUT2D eigenvalue weighted by atomic mass is 32.2. The van der Waals surface area contributed by atoms with Gasteiger partial charge >= 0.3 is 0 Å². The van der Waals surface area contributed by atoms with Gasteiger partial charge in [0.25, 0.3) is 0 Å². The Morgan fingerprint density at radius 3 is 3.00 bits per heavy atom. The number of hydrogen-bond donors (Lipinski definition) is 2. The van der Waals surface area contributed by atoms with Gasteiger partial charge in [-0.05, 0) is 18.2 Å². The fraction of sp³-hybridized carbons (Fsp3) is 0.300. The van der Waals surface area contributed by atoms with E-state index < -0.39 is 5.82 Å². The zero-order valence-electron chi connectivity index (χ0n) is 8.81. The SMILES string of the molecule is COCCSc1ccc(F)cc1C(N)=NO. The molecule has 0 heterocycles. The minimum absolute atomic E-state index is 0.0978. The van der Waals surface area contributed by atoms with E-state index in [9.17, 15) is 4.39 Å². The molecule has 0 aliphatic heterocycles. The standard InChI is InChI=1S/C10H13FN2O2S/c1-15-4-5-16-9-3-2-7(11)6-8(9)10(12)13-14/h2-3,6,14H,4-5H2,1H3,(H2,12,13). The first-order valence-electron chi connectivity index (χ1n) is 4.58. The first kappa shape index (κ1) is 12.8. The minimum Gasteiger partial charge on any atom is -0.409 e. The van der Waals surface area contributed by atoms with Gasteiger partial charge in [-0.3, -0.25) is 0 Å². The molecule has 88 valence electrons. The summed E-state index contributed by atoms with van der Waals surface area (Å²) in [6.45, 7) is 0.581. The lowest BCUT2D eigenvalue weighted by molar-refractivity contribution is 0.218. The van der Waals surface area contributed by atoms with Crippen molar-refractivity contribution in [1.82, 2.24) is 0 Å². The molecular formula is C10H13FN2O2S. The van der Waals surface area contributed by atoms with Gasteiger partial charge < -0.3 is 15.7 Å². The van der Waals surface area contributed by atoms with E-state index in [2.05, 4.69) is 5.16 Å². The molecule has 0 unspecified atom stereocenters. The Balaban J connectivity index is 2.89. The Hall–Kier alpha value is -1.27. The molecule has 0 fully saturated rings. The zero-order chi connectivity index (χ0) is 12.0. The fourth-order valence-electron chi connectivity index (χ4n) is 1.12. The monoisotopic (exact) mass is 244 g/mol. The summed E-state index contributed by atoms with van der Waals surface area (Å²) in [6, 6.07) is 4.18. The van der Waals surface area contributed by atoms with Gasteiger partial charge in [-0.25, -0.2) is 4.39 Å². The van der Waals surface area contributed by atoms with Gasteiger partial charge in [-0.2, -0.15) is 0 Å². The van der Waals surface area contributed by atoms with Crippen molar-refractivity contribution >= 4 is 17.6 Å². The molecule has 0 amide bonds. The van der Waals surface area contributed by atoms with Gasteiger partial charge in [0.1, 0.15) is 5.82 Å². The van der Waals surface area contributed by atoms with E-state index in [1.807, 2.05) is 0 Å². The third-order valence-corrected chi connectivity index (χ3v) is 2.91. The molecule has 0 aliphatic carbocycles. The van der Waals surface area contributed by atoms with Gasteiger partial charge in [0, 0.05) is 23.3 Å². The summed E-state index contributed by atoms with van der Waals surface area (Å²) < 4.78 is 17.9. The van der Waals surface area contributed by atoms with Crippen LogP contribution in [0.2, 0.25) is 0 Å². The molecular weight excluding hydrogens is 231 g/mol. The number of rotatable bonds is 5. The van der Waals surface area contributed by atoms with Crippen LogP contribution in [0.25, 0.3) is 0 Å². The number of amidine groups is 1. The topological polar surface area (TPSA) is 67.8 Å². The Morgan fingerprint density at radius 2 is 2.38 bits per heavy atom. The molecule has 1 aromatic carbocycles. The lowest BCUT2D eigenvalue weighted by Crippen LogP contribution is -2.14. The molecule has 4 nitrogen and oxygen atoms in total. The number of nitrogens with zero attached hydrogens (tertiary/aromatic N) is 1. The summed E-state index contributed by atoms with van der Waals surface area (Å²) in [5.74, 6) is 0.200. The van der Waals surface area contributed by atoms with Gasteiger partial charge in [-0.1, -0.05) is 5.16 Å². The summed E-state index contributed by atoms with van der Waals surface area (Å²) >= 11 is 1.46. The number of ether oxygens (including phenoxy) is 1. The quantitative estimate of drug-likeness (QED) is 0.206. The lowest BCUT2D eigenvalue weighted by atomic mass is 10.2. The van der Waals surface area contributed by atoms with E-state index in [-0.39, 0.29) is 5.84 Å². The molecule has 6 heteroatoms. The van der Waals surface area contributed by atoms with Crippen molar-refractivity contribution in [2.24, 2.45) is 10.9 Å². The average molecular weight is 244 g/mol. The Morgan fingerprint density at radius 1 is 1.62 bits per heavy atom. The highest BCUT2D eigenvalue weighted by Crippen LogP contribution is 2.23. The molecule has 0 bridgehead atoms. The van der Waals surface area contributed by atoms with Crippen LogP contribution in [0.5, 0.6) is 0 Å². The summed E-state index contributed by atoms with van der Waals surface area (Å²) in [7, 11) is 1.61. The minimum atomic E-state index is -0.419. The summed E-state index contributed by atoms with van der Waals surface area (Å²) in [5.41, 5.74) is 5.85. The van der Waals surface area contributed by atoms with Crippen molar-refractivity contribution in [2.75, 3.05) is 19.5 Å². The van der Waals surface area contributed by atoms with Crippen LogP contribution in [0.4, 0.5) is 4.39 Å². The van der Waals surface area contributed by atoms with Crippen molar-refractivity contribution in [3.05, 3.63) is 29.6 Å². The molecule has 0 spiro atoms. The molecule has 0 radical (unpaired) electrons. The Bertz CT molecular complexity index is 385. The van der Waals surface area contributed by atoms with Crippen molar-refractivity contribution in [1.29, 1.82) is 0 Å². The average Bonchev–Trinajstić information content (AvgIpc) is 2.30. The number of nitrogens with two attached hydrogens (primary N) is 1. The number of hydrogen-bond acceptors (Lipinski definition) is 4. The second-order valence-electron chi connectivity index (χ2n) is 2.97. The van der Waals surface area contributed by atoms with Gasteiger partial charge in [0.15, 0.2) is 5.84 Å². The molecule has 16 heavy (non-hydrogen) atoms. The van der Waals surface area contributed by atoms with E-state index in [1.165, 1.54) is 23.9 Å². The van der Waals surface area contributed by atoms with Gasteiger partial charge in [0.05, 0.1) is 6.61 Å². The van der Waals surface area contributed by atoms with Gasteiger partial charge in [-0.15, -0.1) is 11.8 Å². The maximum absolute atomic E-state index is 13.0. The highest BCUT2D eigenvalue weighted by Gasteiger charge is 2.08. The largest absolute Gasteiger partial charge is 0.409 e. The molecule has 0 aliphatic rings. The first-order chi connectivity index (χ1) is 7.69. The zero-order valence-corrected chi connectivity index (χ0v) is 9.63. The smallest absolute Gasteiger partial charge is 0.171 e. The van der Waals surface area contributed by atoms with Crippen molar-refractivity contribution in [2.45, 2.75) is 4.90 Å². The van der Waals surface area contributed by atoms with Crippen LogP contribution in [-0.2, 0) is 4.74 Å². The summed E-state index contributed by atoms with van der Waals surface area (Å²) in [6.07, 6.45) is 0. The van der Waals surface area contributed by atoms with E-state index >= 15 is 0 Å². The van der Waals surface area contributed by atoms with Gasteiger partial charge in [0.2, 0.25) is 0 Å². The van der Waals surface area contributed by atoms with Crippen LogP contribution in [0, 0.1) is 5.82 Å². The van der Waals surface area contributed by atoms with Crippen LogP contribution in [0.15, 0.2) is 28.3 Å². The van der Waals surface area contributed by atoms with E-state index in [1.54, 1.807) is 13.2 Å². The predicted octanol–water partition coefficient (Wildman–Crippen LogP) is 1.66. The Kier molecular flexibility index (Phi) is 5.07. The molecule has 0 aromatic heterocycles. The molecule has 0 saturated heterocycles. The molecule has 1 aromatic rings. The maximum Gasteiger partial charge on any atom is 0.171 e. The highest BCUT2D eigenvalue weighted by molar-refractivity contribution is 7.99. The van der Waals surface area contributed by atoms with E-state index in [0.29, 0.717) is 17.9 Å². The third-order valence-electron chi connectivity index (χ3n) is 1.87. The summed E-state index contributed by atoms with van der Waals surface area (Å²) in [4.78, 5) is 0.758. The third kappa shape index (κ3) is 3.39. The molecule has 0 saturated carbocycles. The number of benzene rings is 1. The fourth-order valence-corrected chi connectivity index (χ4v) is 2.07. The van der Waals surface area contributed by atoms with Crippen LogP contribution < -0.4 is 5.73 Å². The number of thioether (sulfide) groups is 1. The number of oxime groups is 1. The van der Waals surface area contributed by atoms with Crippen LogP contribution in [0.3, 0.4) is 0 Å². The first-order valence-corrected chi connectivity index (χ1v) is 5.56.